The van der Waals surface area contributed by atoms with Gasteiger partial charge < -0.3 is 9.94 Å². The Hall–Kier alpha value is -1.06. The van der Waals surface area contributed by atoms with E-state index < -0.39 is 0 Å². The van der Waals surface area contributed by atoms with E-state index >= 15 is 0 Å². The number of rotatable bonds is 3. The van der Waals surface area contributed by atoms with Crippen molar-refractivity contribution in [1.29, 1.82) is 0 Å². The second kappa shape index (κ2) is 4.84. The zero-order valence-corrected chi connectivity index (χ0v) is 7.95. The van der Waals surface area contributed by atoms with Crippen LogP contribution < -0.4 is 0 Å². The van der Waals surface area contributed by atoms with Crippen LogP contribution in [0.15, 0.2) is 29.4 Å². The maximum absolute atomic E-state index is 8.68. The van der Waals surface area contributed by atoms with E-state index in [0.29, 0.717) is 16.3 Å². The van der Waals surface area contributed by atoms with Crippen LogP contribution in [0.4, 0.5) is 0 Å². The molecule has 4 heteroatoms. The maximum Gasteiger partial charge on any atom is 0.114 e. The number of hydrogen-bond donors (Lipinski definition) is 1. The van der Waals surface area contributed by atoms with E-state index in [1.807, 2.05) is 12.1 Å². The van der Waals surface area contributed by atoms with Gasteiger partial charge in [0.25, 0.3) is 0 Å². The molecule has 1 rings (SSSR count). The summed E-state index contributed by atoms with van der Waals surface area (Å²) >= 11 is 5.89. The van der Waals surface area contributed by atoms with E-state index in [1.165, 1.54) is 7.11 Å². The van der Waals surface area contributed by atoms with Gasteiger partial charge in [0, 0.05) is 17.7 Å². The Kier molecular flexibility index (Phi) is 3.73. The summed E-state index contributed by atoms with van der Waals surface area (Å²) < 4.78 is 4.85. The Bertz CT molecular complexity index is 312. The van der Waals surface area contributed by atoms with Crippen molar-refractivity contribution >= 4 is 17.3 Å². The predicted molar refractivity (Wildman–Crippen MR) is 51.7 cm³/mol. The molecule has 0 spiro atoms. The molecule has 1 aromatic rings. The van der Waals surface area contributed by atoms with E-state index in [1.54, 1.807) is 12.1 Å². The summed E-state index contributed by atoms with van der Waals surface area (Å²) in [5.74, 6) is 0. The Morgan fingerprint density at radius 1 is 1.54 bits per heavy atom. The third-order valence-corrected chi connectivity index (χ3v) is 1.92. The van der Waals surface area contributed by atoms with Gasteiger partial charge in [0.1, 0.15) is 5.71 Å². The second-order valence-electron chi connectivity index (χ2n) is 2.46. The SMILES string of the molecule is COC/C(=N\O)c1ccccc1Cl. The highest BCUT2D eigenvalue weighted by atomic mass is 35.5. The normalized spacial score (nSPS) is 11.7. The number of benzene rings is 1. The summed E-state index contributed by atoms with van der Waals surface area (Å²) in [5, 5.41) is 12.3. The molecule has 13 heavy (non-hydrogen) atoms. The molecule has 0 aliphatic carbocycles. The fraction of sp³-hybridized carbons (Fsp3) is 0.222. The minimum Gasteiger partial charge on any atom is -0.411 e. The minimum absolute atomic E-state index is 0.236. The fourth-order valence-electron chi connectivity index (χ4n) is 0.992. The van der Waals surface area contributed by atoms with Crippen LogP contribution in [0.25, 0.3) is 0 Å². The first-order chi connectivity index (χ1) is 6.29. The highest BCUT2D eigenvalue weighted by molar-refractivity contribution is 6.34. The molecule has 0 aromatic heterocycles. The third kappa shape index (κ3) is 2.44. The number of oxime groups is 1. The van der Waals surface area contributed by atoms with E-state index in [0.717, 1.165) is 0 Å². The number of methoxy groups -OCH3 is 1. The lowest BCUT2D eigenvalue weighted by atomic mass is 10.1. The van der Waals surface area contributed by atoms with Gasteiger partial charge in [0.05, 0.1) is 6.61 Å². The van der Waals surface area contributed by atoms with Crippen molar-refractivity contribution in [3.05, 3.63) is 34.9 Å². The van der Waals surface area contributed by atoms with Crippen LogP contribution in [-0.2, 0) is 4.74 Å². The molecule has 0 fully saturated rings. The van der Waals surface area contributed by atoms with Crippen molar-refractivity contribution in [3.63, 3.8) is 0 Å². The third-order valence-electron chi connectivity index (χ3n) is 1.59. The van der Waals surface area contributed by atoms with E-state index in [2.05, 4.69) is 5.16 Å². The molecule has 1 aromatic carbocycles. The summed E-state index contributed by atoms with van der Waals surface area (Å²) in [6, 6.07) is 7.14. The molecule has 0 unspecified atom stereocenters. The molecule has 0 aliphatic heterocycles. The van der Waals surface area contributed by atoms with Gasteiger partial charge in [-0.1, -0.05) is 35.0 Å². The van der Waals surface area contributed by atoms with Crippen molar-refractivity contribution in [2.75, 3.05) is 13.7 Å². The Morgan fingerprint density at radius 3 is 2.77 bits per heavy atom. The van der Waals surface area contributed by atoms with Gasteiger partial charge >= 0.3 is 0 Å². The van der Waals surface area contributed by atoms with E-state index in [-0.39, 0.29) is 6.61 Å². The molecule has 0 atom stereocenters. The predicted octanol–water partition coefficient (Wildman–Crippen LogP) is 2.16. The highest BCUT2D eigenvalue weighted by Crippen LogP contribution is 2.15. The summed E-state index contributed by atoms with van der Waals surface area (Å²) in [7, 11) is 1.53. The molecule has 0 amide bonds. The molecule has 3 nitrogen and oxygen atoms in total. The molecule has 1 N–H and O–H groups in total. The van der Waals surface area contributed by atoms with Crippen LogP contribution in [0.2, 0.25) is 5.02 Å². The lowest BCUT2D eigenvalue weighted by Crippen LogP contribution is -2.09. The molecular weight excluding hydrogens is 190 g/mol. The molecule has 0 saturated heterocycles. The van der Waals surface area contributed by atoms with Crippen LogP contribution in [0.5, 0.6) is 0 Å². The van der Waals surface area contributed by atoms with Crippen LogP contribution in [0.1, 0.15) is 5.56 Å². The van der Waals surface area contributed by atoms with Crippen molar-refractivity contribution in [3.8, 4) is 0 Å². The summed E-state index contributed by atoms with van der Waals surface area (Å²) in [6.07, 6.45) is 0. The lowest BCUT2D eigenvalue weighted by Gasteiger charge is -2.04. The van der Waals surface area contributed by atoms with Crippen LogP contribution >= 0.6 is 11.6 Å². The summed E-state index contributed by atoms with van der Waals surface area (Å²) in [4.78, 5) is 0. The van der Waals surface area contributed by atoms with Gasteiger partial charge in [-0.05, 0) is 6.07 Å². The molecular formula is C9H10ClNO2. The Balaban J connectivity index is 2.99. The lowest BCUT2D eigenvalue weighted by molar-refractivity contribution is 0.238. The van der Waals surface area contributed by atoms with Crippen molar-refractivity contribution in [2.24, 2.45) is 5.16 Å². The fourth-order valence-corrected chi connectivity index (χ4v) is 1.24. The van der Waals surface area contributed by atoms with Crippen molar-refractivity contribution in [2.45, 2.75) is 0 Å². The average Bonchev–Trinajstić information content (AvgIpc) is 2.16. The highest BCUT2D eigenvalue weighted by Gasteiger charge is 2.07. The van der Waals surface area contributed by atoms with Crippen molar-refractivity contribution < 1.29 is 9.94 Å². The van der Waals surface area contributed by atoms with Crippen LogP contribution in [0.3, 0.4) is 0 Å². The first-order valence-corrected chi connectivity index (χ1v) is 4.12. The molecule has 0 bridgehead atoms. The summed E-state index contributed by atoms with van der Waals surface area (Å²) in [6.45, 7) is 0.236. The van der Waals surface area contributed by atoms with Crippen molar-refractivity contribution in [1.82, 2.24) is 0 Å². The van der Waals surface area contributed by atoms with Gasteiger partial charge in [-0.2, -0.15) is 0 Å². The van der Waals surface area contributed by atoms with Gasteiger partial charge in [-0.25, -0.2) is 0 Å². The maximum atomic E-state index is 8.68. The van der Waals surface area contributed by atoms with Crippen LogP contribution in [0, 0.1) is 0 Å². The summed E-state index contributed by atoms with van der Waals surface area (Å²) in [5.41, 5.74) is 1.11. The first kappa shape index (κ1) is 10.0. The van der Waals surface area contributed by atoms with Gasteiger partial charge in [0.15, 0.2) is 0 Å². The van der Waals surface area contributed by atoms with E-state index in [4.69, 9.17) is 21.5 Å². The standard InChI is InChI=1S/C9H10ClNO2/c1-13-6-9(11-12)7-4-2-3-5-8(7)10/h2-5,12H,6H2,1H3/b11-9+. The number of nitrogens with zero attached hydrogens (tertiary/aromatic N) is 1. The van der Waals surface area contributed by atoms with Crippen LogP contribution in [-0.4, -0.2) is 24.6 Å². The molecule has 0 heterocycles. The minimum atomic E-state index is 0.236. The number of halogens is 1. The monoisotopic (exact) mass is 199 g/mol. The molecule has 70 valence electrons. The first-order valence-electron chi connectivity index (χ1n) is 3.74. The number of ether oxygens (including phenoxy) is 1. The average molecular weight is 200 g/mol. The topological polar surface area (TPSA) is 41.8 Å². The number of hydrogen-bond acceptors (Lipinski definition) is 3. The largest absolute Gasteiger partial charge is 0.411 e. The molecule has 0 aliphatic rings. The second-order valence-corrected chi connectivity index (χ2v) is 2.87. The van der Waals surface area contributed by atoms with Gasteiger partial charge in [-0.15, -0.1) is 0 Å². The Morgan fingerprint density at radius 2 is 2.23 bits per heavy atom. The molecule has 0 saturated carbocycles. The Labute approximate surface area is 81.6 Å². The van der Waals surface area contributed by atoms with E-state index in [9.17, 15) is 0 Å². The van der Waals surface area contributed by atoms with Gasteiger partial charge in [-0.3, -0.25) is 0 Å². The zero-order valence-electron chi connectivity index (χ0n) is 7.20. The van der Waals surface area contributed by atoms with Gasteiger partial charge in [0.2, 0.25) is 0 Å². The molecule has 0 radical (unpaired) electrons. The zero-order chi connectivity index (χ0) is 9.68. The smallest absolute Gasteiger partial charge is 0.114 e. The quantitative estimate of drug-likeness (QED) is 0.461.